The number of carbonyl (C=O) groups excluding carboxylic acids is 2. The molecule has 0 radical (unpaired) electrons. The van der Waals surface area contributed by atoms with Crippen LogP contribution in [0.2, 0.25) is 0 Å². The minimum atomic E-state index is -0.211. The van der Waals surface area contributed by atoms with Crippen LogP contribution >= 0.6 is 0 Å². The van der Waals surface area contributed by atoms with Crippen LogP contribution in [0.1, 0.15) is 28.4 Å². The van der Waals surface area contributed by atoms with Crippen molar-refractivity contribution in [3.05, 3.63) is 71.8 Å². The number of rotatable bonds is 2. The van der Waals surface area contributed by atoms with Crippen molar-refractivity contribution in [3.63, 3.8) is 0 Å². The molecule has 0 unspecified atom stereocenters. The molecule has 2 aromatic carbocycles. The Bertz CT molecular complexity index is 670. The molecule has 1 saturated heterocycles. The van der Waals surface area contributed by atoms with E-state index in [0.717, 1.165) is 5.56 Å². The number of amides is 2. The molecule has 2 amide bonds. The zero-order valence-corrected chi connectivity index (χ0v) is 12.5. The average Bonchev–Trinajstić information content (AvgIpc) is 2.58. The molecule has 1 fully saturated rings. The SMILES string of the molecule is CN1CN(C(=O)c2ccccc2)[C@H](c2ccccc2)CC1=O. The fourth-order valence-corrected chi connectivity index (χ4v) is 2.76. The molecule has 0 bridgehead atoms. The summed E-state index contributed by atoms with van der Waals surface area (Å²) in [6, 6.07) is 18.7. The summed E-state index contributed by atoms with van der Waals surface area (Å²) in [5, 5.41) is 0. The van der Waals surface area contributed by atoms with E-state index < -0.39 is 0 Å². The van der Waals surface area contributed by atoms with Crippen LogP contribution in [0.15, 0.2) is 60.7 Å². The van der Waals surface area contributed by atoms with Crippen LogP contribution in [0.25, 0.3) is 0 Å². The lowest BCUT2D eigenvalue weighted by Crippen LogP contribution is -2.50. The van der Waals surface area contributed by atoms with Crippen molar-refractivity contribution in [1.82, 2.24) is 9.80 Å². The maximum atomic E-state index is 12.8. The molecule has 0 aliphatic carbocycles. The van der Waals surface area contributed by atoms with Gasteiger partial charge in [0.1, 0.15) is 0 Å². The van der Waals surface area contributed by atoms with Crippen molar-refractivity contribution in [2.24, 2.45) is 0 Å². The maximum absolute atomic E-state index is 12.8. The summed E-state index contributed by atoms with van der Waals surface area (Å²) < 4.78 is 0. The summed E-state index contributed by atoms with van der Waals surface area (Å²) in [6.07, 6.45) is 0.319. The molecule has 1 aliphatic rings. The monoisotopic (exact) mass is 294 g/mol. The van der Waals surface area contributed by atoms with Gasteiger partial charge in [-0.15, -0.1) is 0 Å². The van der Waals surface area contributed by atoms with Crippen LogP contribution < -0.4 is 0 Å². The number of hydrogen-bond acceptors (Lipinski definition) is 2. The molecular formula is C18H18N2O2. The Balaban J connectivity index is 1.95. The van der Waals surface area contributed by atoms with E-state index in [2.05, 4.69) is 0 Å². The van der Waals surface area contributed by atoms with Crippen molar-refractivity contribution >= 4 is 11.8 Å². The second kappa shape index (κ2) is 6.02. The summed E-state index contributed by atoms with van der Waals surface area (Å²) in [4.78, 5) is 28.3. The van der Waals surface area contributed by atoms with Gasteiger partial charge in [-0.05, 0) is 17.7 Å². The molecule has 0 aromatic heterocycles. The highest BCUT2D eigenvalue weighted by atomic mass is 16.2. The third-order valence-corrected chi connectivity index (χ3v) is 4.00. The van der Waals surface area contributed by atoms with Gasteiger partial charge in [0.05, 0.1) is 19.1 Å². The van der Waals surface area contributed by atoms with Crippen LogP contribution in [0.4, 0.5) is 0 Å². The minimum absolute atomic E-state index is 0.0474. The molecule has 0 N–H and O–H groups in total. The van der Waals surface area contributed by atoms with Crippen LogP contribution in [0.5, 0.6) is 0 Å². The third-order valence-electron chi connectivity index (χ3n) is 4.00. The molecule has 4 heteroatoms. The Morgan fingerprint density at radius 2 is 1.59 bits per heavy atom. The Hall–Kier alpha value is -2.62. The zero-order chi connectivity index (χ0) is 15.5. The summed E-state index contributed by atoms with van der Waals surface area (Å²) >= 11 is 0. The van der Waals surface area contributed by atoms with E-state index in [1.807, 2.05) is 48.5 Å². The van der Waals surface area contributed by atoms with Gasteiger partial charge < -0.3 is 9.80 Å². The zero-order valence-electron chi connectivity index (χ0n) is 12.5. The smallest absolute Gasteiger partial charge is 0.255 e. The van der Waals surface area contributed by atoms with E-state index in [1.54, 1.807) is 29.0 Å². The molecule has 1 atom stereocenters. The highest BCUT2D eigenvalue weighted by molar-refractivity contribution is 5.95. The Morgan fingerprint density at radius 1 is 1.00 bits per heavy atom. The molecular weight excluding hydrogens is 276 g/mol. The second-order valence-electron chi connectivity index (χ2n) is 5.50. The summed E-state index contributed by atoms with van der Waals surface area (Å²) in [5.74, 6) is 0.0137. The number of benzene rings is 2. The molecule has 22 heavy (non-hydrogen) atoms. The average molecular weight is 294 g/mol. The van der Waals surface area contributed by atoms with Crippen molar-refractivity contribution in [2.75, 3.05) is 13.7 Å². The van der Waals surface area contributed by atoms with Gasteiger partial charge >= 0.3 is 0 Å². The van der Waals surface area contributed by atoms with Gasteiger partial charge in [-0.1, -0.05) is 48.5 Å². The lowest BCUT2D eigenvalue weighted by molar-refractivity contribution is -0.137. The van der Waals surface area contributed by atoms with E-state index >= 15 is 0 Å². The molecule has 1 heterocycles. The lowest BCUT2D eigenvalue weighted by Gasteiger charge is -2.40. The van der Waals surface area contributed by atoms with Crippen LogP contribution in [0, 0.1) is 0 Å². The van der Waals surface area contributed by atoms with Crippen molar-refractivity contribution in [3.8, 4) is 0 Å². The Kier molecular flexibility index (Phi) is 3.92. The fraction of sp³-hybridized carbons (Fsp3) is 0.222. The minimum Gasteiger partial charge on any atom is -0.328 e. The van der Waals surface area contributed by atoms with Gasteiger partial charge in [0.25, 0.3) is 5.91 Å². The van der Waals surface area contributed by atoms with Crippen LogP contribution in [-0.4, -0.2) is 35.3 Å². The van der Waals surface area contributed by atoms with E-state index in [9.17, 15) is 9.59 Å². The topological polar surface area (TPSA) is 40.6 Å². The van der Waals surface area contributed by atoms with Crippen LogP contribution in [-0.2, 0) is 4.79 Å². The van der Waals surface area contributed by atoms with E-state index in [-0.39, 0.29) is 17.9 Å². The predicted octanol–water partition coefficient (Wildman–Crippen LogP) is 2.69. The van der Waals surface area contributed by atoms with Crippen molar-refractivity contribution in [2.45, 2.75) is 12.5 Å². The van der Waals surface area contributed by atoms with Gasteiger partial charge in [0, 0.05) is 12.6 Å². The fourth-order valence-electron chi connectivity index (χ4n) is 2.76. The first-order valence-electron chi connectivity index (χ1n) is 7.32. The first-order chi connectivity index (χ1) is 10.7. The molecule has 0 saturated carbocycles. The molecule has 112 valence electrons. The van der Waals surface area contributed by atoms with Gasteiger partial charge in [-0.2, -0.15) is 0 Å². The second-order valence-corrected chi connectivity index (χ2v) is 5.50. The third kappa shape index (κ3) is 2.72. The predicted molar refractivity (Wildman–Crippen MR) is 84.0 cm³/mol. The molecule has 3 rings (SSSR count). The Morgan fingerprint density at radius 3 is 2.23 bits per heavy atom. The van der Waals surface area contributed by atoms with Crippen LogP contribution in [0.3, 0.4) is 0 Å². The number of hydrogen-bond donors (Lipinski definition) is 0. The Labute approximate surface area is 130 Å². The van der Waals surface area contributed by atoms with Gasteiger partial charge in [0.2, 0.25) is 5.91 Å². The molecule has 0 spiro atoms. The van der Waals surface area contributed by atoms with Gasteiger partial charge in [-0.25, -0.2) is 0 Å². The van der Waals surface area contributed by atoms with E-state index in [0.29, 0.717) is 18.7 Å². The van der Waals surface area contributed by atoms with Crippen molar-refractivity contribution < 1.29 is 9.59 Å². The van der Waals surface area contributed by atoms with Gasteiger partial charge in [0.15, 0.2) is 0 Å². The lowest BCUT2D eigenvalue weighted by atomic mass is 9.98. The van der Waals surface area contributed by atoms with E-state index in [4.69, 9.17) is 0 Å². The summed E-state index contributed by atoms with van der Waals surface area (Å²) in [5.41, 5.74) is 1.64. The maximum Gasteiger partial charge on any atom is 0.255 e. The number of carbonyl (C=O) groups is 2. The molecule has 2 aromatic rings. The van der Waals surface area contributed by atoms with E-state index in [1.165, 1.54) is 0 Å². The first kappa shape index (κ1) is 14.3. The summed E-state index contributed by atoms with van der Waals surface area (Å²) in [7, 11) is 1.73. The summed E-state index contributed by atoms with van der Waals surface area (Å²) in [6.45, 7) is 0.312. The highest BCUT2D eigenvalue weighted by Crippen LogP contribution is 2.30. The first-order valence-corrected chi connectivity index (χ1v) is 7.32. The highest BCUT2D eigenvalue weighted by Gasteiger charge is 2.34. The normalized spacial score (nSPS) is 18.4. The molecule has 1 aliphatic heterocycles. The van der Waals surface area contributed by atoms with Gasteiger partial charge in [-0.3, -0.25) is 9.59 Å². The largest absolute Gasteiger partial charge is 0.328 e. The number of nitrogens with zero attached hydrogens (tertiary/aromatic N) is 2. The van der Waals surface area contributed by atoms with Crippen molar-refractivity contribution in [1.29, 1.82) is 0 Å². The quantitative estimate of drug-likeness (QED) is 0.854. The molecule has 4 nitrogen and oxygen atoms in total. The standard InChI is InChI=1S/C18H18N2O2/c1-19-13-20(18(22)15-10-6-3-7-11-15)16(12-17(19)21)14-8-4-2-5-9-14/h2-11,16H,12-13H2,1H3/t16-/m0/s1.